The van der Waals surface area contributed by atoms with Crippen LogP contribution >= 0.6 is 11.6 Å². The third kappa shape index (κ3) is 5.59. The van der Waals surface area contributed by atoms with Crippen molar-refractivity contribution in [2.75, 3.05) is 11.5 Å². The Morgan fingerprint density at radius 3 is 2.18 bits per heavy atom. The second-order valence-electron chi connectivity index (χ2n) is 9.60. The molecule has 1 aliphatic rings. The molecule has 5 aromatic rings. The summed E-state index contributed by atoms with van der Waals surface area (Å²) in [6.45, 7) is 0. The molecule has 6 nitrogen and oxygen atoms in total. The second kappa shape index (κ2) is 10.6. The van der Waals surface area contributed by atoms with E-state index in [1.165, 1.54) is 11.1 Å². The third-order valence-corrected chi connectivity index (χ3v) is 7.09. The number of rotatable bonds is 5. The number of nitrogens with zero attached hydrogens (tertiary/aromatic N) is 4. The molecule has 39 heavy (non-hydrogen) atoms. The Bertz CT molecular complexity index is 1700. The van der Waals surface area contributed by atoms with Crippen molar-refractivity contribution in [3.63, 3.8) is 0 Å². The number of hydrogen-bond acceptors (Lipinski definition) is 6. The molecule has 0 aliphatic heterocycles. The molecule has 6 rings (SSSR count). The van der Waals surface area contributed by atoms with Gasteiger partial charge in [0.05, 0.1) is 11.4 Å². The van der Waals surface area contributed by atoms with Gasteiger partial charge in [0.25, 0.3) is 0 Å². The smallest absolute Gasteiger partial charge is 0.221 e. The van der Waals surface area contributed by atoms with E-state index in [9.17, 15) is 0 Å². The Kier molecular flexibility index (Phi) is 6.66. The lowest BCUT2D eigenvalue weighted by Crippen LogP contribution is -2.01. The summed E-state index contributed by atoms with van der Waals surface area (Å²) in [5.41, 5.74) is 19.6. The predicted octanol–water partition coefficient (Wildman–Crippen LogP) is 6.16. The highest BCUT2D eigenvalue weighted by Gasteiger charge is 2.40. The molecule has 0 amide bonds. The highest BCUT2D eigenvalue weighted by Crippen LogP contribution is 2.52. The van der Waals surface area contributed by atoms with Gasteiger partial charge in [-0.15, -0.1) is 0 Å². The fourth-order valence-corrected chi connectivity index (χ4v) is 5.23. The zero-order valence-corrected chi connectivity index (χ0v) is 21.8. The minimum Gasteiger partial charge on any atom is -0.368 e. The van der Waals surface area contributed by atoms with E-state index < -0.39 is 0 Å². The van der Waals surface area contributed by atoms with E-state index in [2.05, 4.69) is 68.2 Å². The van der Waals surface area contributed by atoms with E-state index in [0.717, 1.165) is 40.9 Å². The number of nitrogen functional groups attached to an aromatic ring is 2. The Hall–Kier alpha value is -4.73. The molecule has 0 bridgehead atoms. The SMILES string of the molecule is Nc1nc(Cl)cc(-c2ccccc2CC2C[C@@H]2c2ccccc2-c2cc(C#Cc3ccccc3)nc(N)n2)n1. The molecule has 2 heterocycles. The van der Waals surface area contributed by atoms with Gasteiger partial charge in [-0.05, 0) is 59.9 Å². The molecule has 0 saturated heterocycles. The van der Waals surface area contributed by atoms with Crippen LogP contribution in [0, 0.1) is 17.8 Å². The number of nitrogens with two attached hydrogens (primary N) is 2. The molecular formula is C32H25ClN6. The van der Waals surface area contributed by atoms with Gasteiger partial charge in [0, 0.05) is 22.8 Å². The summed E-state index contributed by atoms with van der Waals surface area (Å²) in [6.07, 6.45) is 2.00. The number of hydrogen-bond donors (Lipinski definition) is 2. The van der Waals surface area contributed by atoms with Crippen molar-refractivity contribution in [3.05, 3.63) is 119 Å². The first kappa shape index (κ1) is 24.6. The van der Waals surface area contributed by atoms with Gasteiger partial charge in [-0.25, -0.2) is 19.9 Å². The van der Waals surface area contributed by atoms with Crippen molar-refractivity contribution >= 4 is 23.5 Å². The second-order valence-corrected chi connectivity index (χ2v) is 9.98. The number of halogens is 1. The van der Waals surface area contributed by atoms with Gasteiger partial charge in [-0.3, -0.25) is 0 Å². The van der Waals surface area contributed by atoms with Crippen LogP contribution in [0.5, 0.6) is 0 Å². The molecular weight excluding hydrogens is 504 g/mol. The van der Waals surface area contributed by atoms with Gasteiger partial charge < -0.3 is 11.5 Å². The summed E-state index contributed by atoms with van der Waals surface area (Å²) < 4.78 is 0. The van der Waals surface area contributed by atoms with Crippen LogP contribution in [0.15, 0.2) is 91.0 Å². The summed E-state index contributed by atoms with van der Waals surface area (Å²) in [6, 6.07) is 30.1. The maximum absolute atomic E-state index is 6.16. The van der Waals surface area contributed by atoms with Crippen molar-refractivity contribution in [2.45, 2.75) is 18.8 Å². The minimum absolute atomic E-state index is 0.169. The standard InChI is InChI=1S/C32H25ClN6/c33-30-19-29(38-32(35)39-30)24-11-5-4-10-21(24)16-22-17-27(22)25-12-6-7-13-26(25)28-18-23(36-31(34)37-28)15-14-20-8-2-1-3-9-20/h1-13,18-19,22,27H,16-17H2,(H2,34,36,37)(H2,35,38,39)/t22?,27-/m0/s1. The highest BCUT2D eigenvalue weighted by atomic mass is 35.5. The van der Waals surface area contributed by atoms with Gasteiger partial charge >= 0.3 is 0 Å². The lowest BCUT2D eigenvalue weighted by atomic mass is 9.95. The maximum atomic E-state index is 6.16. The largest absolute Gasteiger partial charge is 0.368 e. The molecule has 7 heteroatoms. The fraction of sp³-hybridized carbons (Fsp3) is 0.125. The number of anilines is 2. The maximum Gasteiger partial charge on any atom is 0.221 e. The van der Waals surface area contributed by atoms with Crippen LogP contribution in [-0.4, -0.2) is 19.9 Å². The quantitative estimate of drug-likeness (QED) is 0.209. The first-order valence-electron chi connectivity index (χ1n) is 12.7. The summed E-state index contributed by atoms with van der Waals surface area (Å²) in [4.78, 5) is 17.3. The Balaban J connectivity index is 1.27. The third-order valence-electron chi connectivity index (χ3n) is 6.90. The number of aromatic nitrogens is 4. The van der Waals surface area contributed by atoms with Gasteiger partial charge in [0.2, 0.25) is 11.9 Å². The van der Waals surface area contributed by atoms with Crippen molar-refractivity contribution in [3.8, 4) is 34.4 Å². The lowest BCUT2D eigenvalue weighted by molar-refractivity contribution is 0.796. The van der Waals surface area contributed by atoms with Crippen molar-refractivity contribution < 1.29 is 0 Å². The van der Waals surface area contributed by atoms with Crippen LogP contribution in [-0.2, 0) is 6.42 Å². The lowest BCUT2D eigenvalue weighted by Gasteiger charge is -2.12. The first-order chi connectivity index (χ1) is 19.0. The molecule has 190 valence electrons. The van der Waals surface area contributed by atoms with Crippen LogP contribution in [0.1, 0.15) is 34.7 Å². The predicted molar refractivity (Wildman–Crippen MR) is 156 cm³/mol. The Morgan fingerprint density at radius 1 is 0.718 bits per heavy atom. The first-order valence-corrected chi connectivity index (χ1v) is 13.1. The summed E-state index contributed by atoms with van der Waals surface area (Å²) in [5, 5.41) is 0.336. The van der Waals surface area contributed by atoms with Gasteiger partial charge in [0.1, 0.15) is 10.8 Å². The highest BCUT2D eigenvalue weighted by molar-refractivity contribution is 6.29. The molecule has 2 aromatic heterocycles. The van der Waals surface area contributed by atoms with E-state index in [1.54, 1.807) is 6.07 Å². The van der Waals surface area contributed by atoms with Crippen LogP contribution < -0.4 is 11.5 Å². The Labute approximate surface area is 232 Å². The topological polar surface area (TPSA) is 104 Å². The summed E-state index contributed by atoms with van der Waals surface area (Å²) >= 11 is 6.16. The molecule has 4 N–H and O–H groups in total. The Morgan fingerprint density at radius 2 is 1.38 bits per heavy atom. The summed E-state index contributed by atoms with van der Waals surface area (Å²) in [5.74, 6) is 7.56. The van der Waals surface area contributed by atoms with Gasteiger partial charge in [-0.1, -0.05) is 84.3 Å². The molecule has 2 atom stereocenters. The fourth-order valence-electron chi connectivity index (χ4n) is 5.04. The average Bonchev–Trinajstić information content (AvgIpc) is 3.71. The zero-order chi connectivity index (χ0) is 26.8. The average molecular weight is 529 g/mol. The van der Waals surface area contributed by atoms with Crippen molar-refractivity contribution in [1.82, 2.24) is 19.9 Å². The van der Waals surface area contributed by atoms with E-state index >= 15 is 0 Å². The monoisotopic (exact) mass is 528 g/mol. The minimum atomic E-state index is 0.169. The molecule has 3 aromatic carbocycles. The van der Waals surface area contributed by atoms with Crippen LogP contribution in [0.2, 0.25) is 5.15 Å². The van der Waals surface area contributed by atoms with Crippen LogP contribution in [0.3, 0.4) is 0 Å². The zero-order valence-electron chi connectivity index (χ0n) is 21.1. The number of benzene rings is 3. The van der Waals surface area contributed by atoms with E-state index in [-0.39, 0.29) is 11.9 Å². The molecule has 1 aliphatic carbocycles. The van der Waals surface area contributed by atoms with Gasteiger partial charge in [-0.2, -0.15) is 0 Å². The molecule has 0 spiro atoms. The van der Waals surface area contributed by atoms with Gasteiger partial charge in [0.15, 0.2) is 0 Å². The molecule has 0 radical (unpaired) electrons. The molecule has 1 fully saturated rings. The summed E-state index contributed by atoms with van der Waals surface area (Å²) in [7, 11) is 0. The molecule has 1 unspecified atom stereocenters. The van der Waals surface area contributed by atoms with Crippen molar-refractivity contribution in [1.29, 1.82) is 0 Å². The van der Waals surface area contributed by atoms with E-state index in [0.29, 0.717) is 22.7 Å². The van der Waals surface area contributed by atoms with Crippen LogP contribution in [0.4, 0.5) is 11.9 Å². The normalized spacial score (nSPS) is 15.8. The van der Waals surface area contributed by atoms with E-state index in [1.807, 2.05) is 48.5 Å². The molecule has 1 saturated carbocycles. The van der Waals surface area contributed by atoms with E-state index in [4.69, 9.17) is 23.1 Å². The van der Waals surface area contributed by atoms with Crippen LogP contribution in [0.25, 0.3) is 22.5 Å². The van der Waals surface area contributed by atoms with Crippen molar-refractivity contribution in [2.24, 2.45) is 5.92 Å².